The number of aryl methyl sites for hydroxylation is 2. The van der Waals surface area contributed by atoms with Crippen molar-refractivity contribution >= 4 is 11.6 Å². The fourth-order valence-corrected chi connectivity index (χ4v) is 2.24. The zero-order chi connectivity index (χ0) is 13.3. The maximum absolute atomic E-state index is 6.07. The molecule has 0 saturated carbocycles. The molecular formula is C14H18ClN3. The average molecular weight is 264 g/mol. The smallest absolute Gasteiger partial charge is 0.105 e. The Bertz CT molecular complexity index is 560. The van der Waals surface area contributed by atoms with Crippen molar-refractivity contribution in [2.45, 2.75) is 19.9 Å². The van der Waals surface area contributed by atoms with E-state index in [2.05, 4.69) is 27.0 Å². The number of aromatic nitrogens is 2. The fraction of sp³-hybridized carbons (Fsp3) is 0.357. The summed E-state index contributed by atoms with van der Waals surface area (Å²) in [5.41, 5.74) is 3.44. The largest absolute Gasteiger partial charge is 0.334 e. The van der Waals surface area contributed by atoms with Gasteiger partial charge in [0.15, 0.2) is 0 Å². The van der Waals surface area contributed by atoms with E-state index in [-0.39, 0.29) is 6.04 Å². The van der Waals surface area contributed by atoms with Crippen LogP contribution in [0, 0.1) is 13.8 Å². The number of imidazole rings is 1. The second kappa shape index (κ2) is 5.12. The molecule has 0 amide bonds. The molecular weight excluding hydrogens is 246 g/mol. The van der Waals surface area contributed by atoms with Crippen LogP contribution in [0.2, 0.25) is 5.02 Å². The summed E-state index contributed by atoms with van der Waals surface area (Å²) >= 11 is 6.07. The maximum atomic E-state index is 6.07. The highest BCUT2D eigenvalue weighted by Gasteiger charge is 2.17. The van der Waals surface area contributed by atoms with Crippen LogP contribution in [0.3, 0.4) is 0 Å². The number of rotatable bonds is 3. The standard InChI is InChI=1S/C14H18ClN3/c1-9-7-11(5-6-12(9)15)14(16-3)13-8-17-10(2)18(13)4/h5-8,14,16H,1-4H3. The lowest BCUT2D eigenvalue weighted by molar-refractivity contribution is 0.632. The number of nitrogens with one attached hydrogen (secondary N) is 1. The molecule has 0 radical (unpaired) electrons. The molecule has 0 aliphatic carbocycles. The van der Waals surface area contributed by atoms with Gasteiger partial charge in [-0.15, -0.1) is 0 Å². The van der Waals surface area contributed by atoms with Crippen molar-refractivity contribution in [2.75, 3.05) is 7.05 Å². The zero-order valence-electron chi connectivity index (χ0n) is 11.2. The predicted octanol–water partition coefficient (Wildman–Crippen LogP) is 3.00. The Hall–Kier alpha value is -1.32. The molecule has 0 spiro atoms. The van der Waals surface area contributed by atoms with Crippen molar-refractivity contribution in [3.8, 4) is 0 Å². The van der Waals surface area contributed by atoms with Crippen molar-refractivity contribution in [1.82, 2.24) is 14.9 Å². The summed E-state index contributed by atoms with van der Waals surface area (Å²) in [6, 6.07) is 6.25. The normalized spacial score (nSPS) is 12.7. The first kappa shape index (κ1) is 13.1. The topological polar surface area (TPSA) is 29.9 Å². The first-order valence-corrected chi connectivity index (χ1v) is 6.34. The molecule has 0 saturated heterocycles. The number of nitrogens with zero attached hydrogens (tertiary/aromatic N) is 2. The summed E-state index contributed by atoms with van der Waals surface area (Å²) in [5, 5.41) is 4.13. The van der Waals surface area contributed by atoms with Crippen LogP contribution >= 0.6 is 11.6 Å². The van der Waals surface area contributed by atoms with Gasteiger partial charge in [-0.05, 0) is 38.1 Å². The second-order valence-electron chi connectivity index (χ2n) is 4.52. The first-order chi connectivity index (χ1) is 8.54. The molecule has 4 heteroatoms. The van der Waals surface area contributed by atoms with E-state index in [1.54, 1.807) is 0 Å². The minimum absolute atomic E-state index is 0.132. The lowest BCUT2D eigenvalue weighted by Crippen LogP contribution is -2.20. The number of hydrogen-bond donors (Lipinski definition) is 1. The van der Waals surface area contributed by atoms with Gasteiger partial charge < -0.3 is 9.88 Å². The van der Waals surface area contributed by atoms with Crippen LogP contribution in [0.5, 0.6) is 0 Å². The van der Waals surface area contributed by atoms with Crippen molar-refractivity contribution in [1.29, 1.82) is 0 Å². The first-order valence-electron chi connectivity index (χ1n) is 5.96. The van der Waals surface area contributed by atoms with Crippen LogP contribution < -0.4 is 5.32 Å². The molecule has 0 fully saturated rings. The van der Waals surface area contributed by atoms with E-state index in [4.69, 9.17) is 11.6 Å². The van der Waals surface area contributed by atoms with Crippen LogP contribution in [0.25, 0.3) is 0 Å². The van der Waals surface area contributed by atoms with E-state index in [1.165, 1.54) is 5.56 Å². The Balaban J connectivity index is 2.45. The third-order valence-corrected chi connectivity index (χ3v) is 3.78. The predicted molar refractivity (Wildman–Crippen MR) is 75.0 cm³/mol. The van der Waals surface area contributed by atoms with Gasteiger partial charge in [-0.2, -0.15) is 0 Å². The maximum Gasteiger partial charge on any atom is 0.105 e. The SMILES string of the molecule is CNC(c1ccc(Cl)c(C)c1)c1cnc(C)n1C. The van der Waals surface area contributed by atoms with Crippen LogP contribution in [0.15, 0.2) is 24.4 Å². The van der Waals surface area contributed by atoms with Crippen LogP contribution in [0.4, 0.5) is 0 Å². The van der Waals surface area contributed by atoms with Gasteiger partial charge in [0.1, 0.15) is 5.82 Å². The second-order valence-corrected chi connectivity index (χ2v) is 4.93. The van der Waals surface area contributed by atoms with Gasteiger partial charge in [0.25, 0.3) is 0 Å². The van der Waals surface area contributed by atoms with Gasteiger partial charge >= 0.3 is 0 Å². The lowest BCUT2D eigenvalue weighted by Gasteiger charge is -2.18. The van der Waals surface area contributed by atoms with E-state index < -0.39 is 0 Å². The highest BCUT2D eigenvalue weighted by molar-refractivity contribution is 6.31. The number of benzene rings is 1. The number of hydrogen-bond acceptors (Lipinski definition) is 2. The molecule has 1 N–H and O–H groups in total. The molecule has 1 aromatic heterocycles. The summed E-state index contributed by atoms with van der Waals surface area (Å²) < 4.78 is 2.10. The van der Waals surface area contributed by atoms with Gasteiger partial charge in [0, 0.05) is 12.1 Å². The summed E-state index contributed by atoms with van der Waals surface area (Å²) in [7, 11) is 3.99. The van der Waals surface area contributed by atoms with Crippen molar-refractivity contribution in [2.24, 2.45) is 7.05 Å². The van der Waals surface area contributed by atoms with E-state index in [9.17, 15) is 0 Å². The molecule has 2 aromatic rings. The Labute approximate surface area is 113 Å². The Morgan fingerprint density at radius 1 is 1.33 bits per heavy atom. The molecule has 1 atom stereocenters. The Morgan fingerprint density at radius 2 is 2.06 bits per heavy atom. The van der Waals surface area contributed by atoms with Crippen molar-refractivity contribution in [3.63, 3.8) is 0 Å². The van der Waals surface area contributed by atoms with Crippen LogP contribution in [-0.4, -0.2) is 16.6 Å². The van der Waals surface area contributed by atoms with Gasteiger partial charge in [0.2, 0.25) is 0 Å². The molecule has 1 aromatic carbocycles. The quantitative estimate of drug-likeness (QED) is 0.923. The summed E-state index contributed by atoms with van der Waals surface area (Å²) in [6.45, 7) is 4.02. The van der Waals surface area contributed by atoms with Gasteiger partial charge in [-0.3, -0.25) is 0 Å². The number of halogens is 1. The Morgan fingerprint density at radius 3 is 2.56 bits per heavy atom. The molecule has 0 bridgehead atoms. The van der Waals surface area contributed by atoms with E-state index >= 15 is 0 Å². The molecule has 2 rings (SSSR count). The summed E-state index contributed by atoms with van der Waals surface area (Å²) in [4.78, 5) is 4.35. The molecule has 0 aliphatic rings. The van der Waals surface area contributed by atoms with E-state index in [0.29, 0.717) is 0 Å². The van der Waals surface area contributed by atoms with E-state index in [0.717, 1.165) is 22.1 Å². The minimum Gasteiger partial charge on any atom is -0.334 e. The van der Waals surface area contributed by atoms with Crippen LogP contribution in [0.1, 0.15) is 28.7 Å². The van der Waals surface area contributed by atoms with E-state index in [1.807, 2.05) is 40.2 Å². The van der Waals surface area contributed by atoms with Crippen LogP contribution in [-0.2, 0) is 7.05 Å². The molecule has 1 heterocycles. The lowest BCUT2D eigenvalue weighted by atomic mass is 10.0. The summed E-state index contributed by atoms with van der Waals surface area (Å²) in [5.74, 6) is 1.01. The zero-order valence-corrected chi connectivity index (χ0v) is 11.9. The third kappa shape index (κ3) is 2.28. The minimum atomic E-state index is 0.132. The molecule has 0 aliphatic heterocycles. The molecule has 96 valence electrons. The van der Waals surface area contributed by atoms with Gasteiger partial charge in [0.05, 0.1) is 17.9 Å². The molecule has 1 unspecified atom stereocenters. The monoisotopic (exact) mass is 263 g/mol. The van der Waals surface area contributed by atoms with Gasteiger partial charge in [-0.25, -0.2) is 4.98 Å². The average Bonchev–Trinajstić information content (AvgIpc) is 2.67. The highest BCUT2D eigenvalue weighted by Crippen LogP contribution is 2.25. The Kier molecular flexibility index (Phi) is 3.73. The van der Waals surface area contributed by atoms with Crippen molar-refractivity contribution < 1.29 is 0 Å². The molecule has 18 heavy (non-hydrogen) atoms. The van der Waals surface area contributed by atoms with Gasteiger partial charge in [-0.1, -0.05) is 23.7 Å². The fourth-order valence-electron chi connectivity index (χ4n) is 2.12. The molecule has 3 nitrogen and oxygen atoms in total. The van der Waals surface area contributed by atoms with Crippen molar-refractivity contribution in [3.05, 3.63) is 52.1 Å². The third-order valence-electron chi connectivity index (χ3n) is 3.36. The summed E-state index contributed by atoms with van der Waals surface area (Å²) in [6.07, 6.45) is 1.92. The highest BCUT2D eigenvalue weighted by atomic mass is 35.5.